The fraction of sp³-hybridized carbons (Fsp3) is 0.182. The Hall–Kier alpha value is -3.74. The first kappa shape index (κ1) is 18.6. The summed E-state index contributed by atoms with van der Waals surface area (Å²) in [5, 5.41) is 7.81. The van der Waals surface area contributed by atoms with Gasteiger partial charge in [-0.1, -0.05) is 29.8 Å². The van der Waals surface area contributed by atoms with Crippen molar-refractivity contribution in [1.82, 2.24) is 19.3 Å². The minimum Gasteiger partial charge on any atom is -0.309 e. The van der Waals surface area contributed by atoms with Gasteiger partial charge in [-0.2, -0.15) is 5.10 Å². The molecule has 7 heteroatoms. The van der Waals surface area contributed by atoms with E-state index in [2.05, 4.69) is 15.4 Å². The Morgan fingerprint density at radius 3 is 2.59 bits per heavy atom. The molecule has 0 unspecified atom stereocenters. The van der Waals surface area contributed by atoms with Gasteiger partial charge >= 0.3 is 0 Å². The number of carbonyl (C=O) groups is 1. The normalized spacial score (nSPS) is 11.0. The molecule has 0 bridgehead atoms. The van der Waals surface area contributed by atoms with Crippen molar-refractivity contribution < 1.29 is 4.79 Å². The van der Waals surface area contributed by atoms with E-state index in [0.29, 0.717) is 16.7 Å². The Morgan fingerprint density at radius 2 is 1.83 bits per heavy atom. The van der Waals surface area contributed by atoms with Crippen LogP contribution in [0.1, 0.15) is 16.8 Å². The van der Waals surface area contributed by atoms with Crippen molar-refractivity contribution in [2.75, 3.05) is 5.32 Å². The predicted molar refractivity (Wildman–Crippen MR) is 112 cm³/mol. The number of hydrogen-bond acceptors (Lipinski definition) is 4. The molecule has 1 N–H and O–H groups in total. The number of nitrogens with zero attached hydrogens (tertiary/aromatic N) is 4. The summed E-state index contributed by atoms with van der Waals surface area (Å²) in [5.41, 5.74) is 4.11. The number of amides is 1. The van der Waals surface area contributed by atoms with E-state index in [1.54, 1.807) is 16.8 Å². The molecule has 0 saturated heterocycles. The van der Waals surface area contributed by atoms with Crippen molar-refractivity contribution in [2.24, 2.45) is 0 Å². The van der Waals surface area contributed by atoms with E-state index in [0.717, 1.165) is 22.5 Å². The molecule has 2 aromatic heterocycles. The van der Waals surface area contributed by atoms with Crippen molar-refractivity contribution in [2.45, 2.75) is 27.3 Å². The Morgan fingerprint density at radius 1 is 1.07 bits per heavy atom. The lowest BCUT2D eigenvalue weighted by Gasteiger charge is -2.11. The molecule has 0 aliphatic carbocycles. The Labute approximate surface area is 167 Å². The highest BCUT2D eigenvalue weighted by molar-refractivity contribution is 5.90. The molecule has 0 radical (unpaired) electrons. The molecule has 0 fully saturated rings. The highest BCUT2D eigenvalue weighted by Gasteiger charge is 2.13. The van der Waals surface area contributed by atoms with Gasteiger partial charge in [-0.15, -0.1) is 0 Å². The average Bonchev–Trinajstić information content (AvgIpc) is 3.05. The first-order chi connectivity index (χ1) is 13.9. The predicted octanol–water partition coefficient (Wildman–Crippen LogP) is 3.15. The number of anilines is 1. The van der Waals surface area contributed by atoms with E-state index in [-0.39, 0.29) is 18.0 Å². The molecule has 0 aliphatic rings. The lowest BCUT2D eigenvalue weighted by Crippen LogP contribution is -2.28. The number of benzene rings is 2. The highest BCUT2D eigenvalue weighted by Crippen LogP contribution is 2.18. The summed E-state index contributed by atoms with van der Waals surface area (Å²) in [4.78, 5) is 29.7. The summed E-state index contributed by atoms with van der Waals surface area (Å²) >= 11 is 0. The van der Waals surface area contributed by atoms with Gasteiger partial charge in [0.05, 0.1) is 28.6 Å². The van der Waals surface area contributed by atoms with Crippen LogP contribution in [0.5, 0.6) is 0 Å². The molecule has 29 heavy (non-hydrogen) atoms. The number of aromatic nitrogens is 4. The summed E-state index contributed by atoms with van der Waals surface area (Å²) in [6, 6.07) is 15.1. The van der Waals surface area contributed by atoms with Crippen molar-refractivity contribution in [1.29, 1.82) is 0 Å². The first-order valence-electron chi connectivity index (χ1n) is 9.31. The molecule has 146 valence electrons. The Bertz CT molecular complexity index is 1270. The zero-order valence-electron chi connectivity index (χ0n) is 16.5. The van der Waals surface area contributed by atoms with Gasteiger partial charge in [-0.3, -0.25) is 14.2 Å². The SMILES string of the molecule is Cc1ccc(-n2nc(C)cc2NC(=O)Cn2cnc3c(C)cccc3c2=O)cc1. The third-order valence-electron chi connectivity index (χ3n) is 4.75. The van der Waals surface area contributed by atoms with Gasteiger partial charge in [-0.05, 0) is 44.5 Å². The second-order valence-electron chi connectivity index (χ2n) is 7.12. The Kier molecular flexibility index (Phi) is 4.72. The van der Waals surface area contributed by atoms with Crippen LogP contribution >= 0.6 is 0 Å². The number of para-hydroxylation sites is 1. The molecule has 0 atom stereocenters. The van der Waals surface area contributed by atoms with Crippen LogP contribution in [-0.2, 0) is 11.3 Å². The van der Waals surface area contributed by atoms with Gasteiger partial charge in [0.1, 0.15) is 12.4 Å². The Balaban J connectivity index is 1.60. The second-order valence-corrected chi connectivity index (χ2v) is 7.12. The van der Waals surface area contributed by atoms with Crippen LogP contribution in [0, 0.1) is 20.8 Å². The van der Waals surface area contributed by atoms with Crippen LogP contribution in [0.25, 0.3) is 16.6 Å². The topological polar surface area (TPSA) is 81.8 Å². The molecule has 7 nitrogen and oxygen atoms in total. The van der Waals surface area contributed by atoms with Gasteiger partial charge in [0.15, 0.2) is 0 Å². The quantitative estimate of drug-likeness (QED) is 0.583. The van der Waals surface area contributed by atoms with E-state index in [4.69, 9.17) is 0 Å². The van der Waals surface area contributed by atoms with Gasteiger partial charge in [0.2, 0.25) is 5.91 Å². The number of fused-ring (bicyclic) bond motifs is 1. The van der Waals surface area contributed by atoms with E-state index in [1.807, 2.05) is 57.2 Å². The number of hydrogen-bond donors (Lipinski definition) is 1. The molecule has 1 amide bonds. The molecular formula is C22H21N5O2. The second kappa shape index (κ2) is 7.35. The van der Waals surface area contributed by atoms with Crippen molar-refractivity contribution in [3.63, 3.8) is 0 Å². The molecule has 2 aromatic carbocycles. The van der Waals surface area contributed by atoms with E-state index in [1.165, 1.54) is 10.9 Å². The van der Waals surface area contributed by atoms with Crippen LogP contribution < -0.4 is 10.9 Å². The lowest BCUT2D eigenvalue weighted by molar-refractivity contribution is -0.116. The van der Waals surface area contributed by atoms with Gasteiger partial charge in [0.25, 0.3) is 5.56 Å². The average molecular weight is 387 g/mol. The maximum Gasteiger partial charge on any atom is 0.261 e. The van der Waals surface area contributed by atoms with Crippen LogP contribution in [0.3, 0.4) is 0 Å². The molecule has 0 spiro atoms. The largest absolute Gasteiger partial charge is 0.309 e. The van der Waals surface area contributed by atoms with Crippen LogP contribution in [-0.4, -0.2) is 25.2 Å². The van der Waals surface area contributed by atoms with Gasteiger partial charge in [0, 0.05) is 6.07 Å². The van der Waals surface area contributed by atoms with Crippen LogP contribution in [0.15, 0.2) is 59.7 Å². The van der Waals surface area contributed by atoms with E-state index in [9.17, 15) is 9.59 Å². The summed E-state index contributed by atoms with van der Waals surface area (Å²) in [5.74, 6) is 0.225. The molecule has 4 rings (SSSR count). The fourth-order valence-electron chi connectivity index (χ4n) is 3.26. The summed E-state index contributed by atoms with van der Waals surface area (Å²) in [6.45, 7) is 5.65. The molecule has 2 heterocycles. The van der Waals surface area contributed by atoms with Crippen LogP contribution in [0.4, 0.5) is 5.82 Å². The van der Waals surface area contributed by atoms with Crippen molar-refractivity contribution >= 4 is 22.6 Å². The zero-order valence-corrected chi connectivity index (χ0v) is 16.5. The fourth-order valence-corrected chi connectivity index (χ4v) is 3.26. The molecule has 4 aromatic rings. The minimum atomic E-state index is -0.325. The van der Waals surface area contributed by atoms with Gasteiger partial charge < -0.3 is 5.32 Å². The standard InChI is InChI=1S/C22H21N5O2/c1-14-7-9-17(10-8-14)27-19(11-16(3)25-27)24-20(28)12-26-13-23-21-15(2)5-4-6-18(21)22(26)29/h4-11,13H,12H2,1-3H3,(H,24,28). The lowest BCUT2D eigenvalue weighted by atomic mass is 10.1. The molecular weight excluding hydrogens is 366 g/mol. The minimum absolute atomic E-state index is 0.131. The highest BCUT2D eigenvalue weighted by atomic mass is 16.2. The van der Waals surface area contributed by atoms with Crippen LogP contribution in [0.2, 0.25) is 0 Å². The van der Waals surface area contributed by atoms with Gasteiger partial charge in [-0.25, -0.2) is 9.67 Å². The van der Waals surface area contributed by atoms with E-state index < -0.39 is 0 Å². The number of nitrogens with one attached hydrogen (secondary N) is 1. The monoisotopic (exact) mass is 387 g/mol. The zero-order chi connectivity index (χ0) is 20.5. The number of carbonyl (C=O) groups excluding carboxylic acids is 1. The van der Waals surface area contributed by atoms with E-state index >= 15 is 0 Å². The van der Waals surface area contributed by atoms with Crippen molar-refractivity contribution in [3.05, 3.63) is 82.0 Å². The molecule has 0 saturated carbocycles. The summed E-state index contributed by atoms with van der Waals surface area (Å²) < 4.78 is 2.99. The third-order valence-corrected chi connectivity index (χ3v) is 4.75. The summed E-state index contributed by atoms with van der Waals surface area (Å²) in [7, 11) is 0. The third kappa shape index (κ3) is 3.67. The summed E-state index contributed by atoms with van der Waals surface area (Å²) in [6.07, 6.45) is 1.42. The maximum atomic E-state index is 12.7. The molecule has 0 aliphatic heterocycles. The van der Waals surface area contributed by atoms with Crippen molar-refractivity contribution in [3.8, 4) is 5.69 Å². The number of rotatable bonds is 4. The number of aryl methyl sites for hydroxylation is 3. The smallest absolute Gasteiger partial charge is 0.261 e. The first-order valence-corrected chi connectivity index (χ1v) is 9.31. The maximum absolute atomic E-state index is 12.7.